The van der Waals surface area contributed by atoms with Crippen molar-refractivity contribution in [3.05, 3.63) is 20.7 Å². The van der Waals surface area contributed by atoms with Gasteiger partial charge in [0.05, 0.1) is 0 Å². The summed E-state index contributed by atoms with van der Waals surface area (Å²) in [5, 5.41) is 1.80. The van der Waals surface area contributed by atoms with Gasteiger partial charge in [-0.1, -0.05) is 11.3 Å². The number of thiazole rings is 1. The van der Waals surface area contributed by atoms with E-state index in [0.29, 0.717) is 0 Å². The lowest BCUT2D eigenvalue weighted by atomic mass is 10.2. The van der Waals surface area contributed by atoms with Gasteiger partial charge in [-0.15, -0.1) is 0 Å². The Morgan fingerprint density at radius 1 is 1.83 bits per heavy atom. The summed E-state index contributed by atoms with van der Waals surface area (Å²) in [5.41, 5.74) is 6.68. The Balaban J connectivity index is 2.53. The first-order valence-electron chi connectivity index (χ1n) is 3.66. The summed E-state index contributed by atoms with van der Waals surface area (Å²) in [6, 6.07) is -0.0172. The average Bonchev–Trinajstić information content (AvgIpc) is 2.47. The molecule has 3 nitrogen and oxygen atoms in total. The monoisotopic (exact) mass is 204 g/mol. The fraction of sp³-hybridized carbons (Fsp3) is 0.571. The Labute approximate surface area is 79.4 Å². The smallest absolute Gasteiger partial charge is 0.304 e. The molecule has 0 radical (unpaired) electrons. The number of rotatable bonds is 4. The van der Waals surface area contributed by atoms with Crippen molar-refractivity contribution in [2.75, 3.05) is 12.0 Å². The number of nitrogens with one attached hydrogen (secondary N) is 1. The van der Waals surface area contributed by atoms with Gasteiger partial charge in [-0.05, 0) is 18.4 Å². The summed E-state index contributed by atoms with van der Waals surface area (Å²) in [5.74, 6) is 1.03. The van der Waals surface area contributed by atoms with Crippen LogP contribution in [0.3, 0.4) is 0 Å². The van der Waals surface area contributed by atoms with Gasteiger partial charge in [0.2, 0.25) is 0 Å². The normalized spacial score (nSPS) is 13.2. The van der Waals surface area contributed by atoms with Crippen molar-refractivity contribution in [1.82, 2.24) is 4.98 Å². The molecule has 0 aliphatic heterocycles. The van der Waals surface area contributed by atoms with E-state index in [0.717, 1.165) is 17.9 Å². The number of aromatic nitrogens is 1. The Bertz CT molecular complexity index is 281. The molecule has 3 N–H and O–H groups in total. The average molecular weight is 204 g/mol. The number of aromatic amines is 1. The van der Waals surface area contributed by atoms with Crippen molar-refractivity contribution in [3.8, 4) is 0 Å². The molecule has 1 aromatic rings. The summed E-state index contributed by atoms with van der Waals surface area (Å²) >= 11 is 2.93. The molecule has 0 amide bonds. The molecule has 0 aromatic carbocycles. The quantitative estimate of drug-likeness (QED) is 0.774. The van der Waals surface area contributed by atoms with Crippen LogP contribution in [0.15, 0.2) is 10.2 Å². The van der Waals surface area contributed by atoms with E-state index in [-0.39, 0.29) is 10.9 Å². The van der Waals surface area contributed by atoms with E-state index < -0.39 is 0 Å². The predicted molar refractivity (Wildman–Crippen MR) is 54.9 cm³/mol. The van der Waals surface area contributed by atoms with E-state index in [1.165, 1.54) is 11.3 Å². The van der Waals surface area contributed by atoms with Crippen molar-refractivity contribution in [2.24, 2.45) is 5.73 Å². The molecule has 0 fully saturated rings. The summed E-state index contributed by atoms with van der Waals surface area (Å²) in [6.07, 6.45) is 2.96. The van der Waals surface area contributed by atoms with Gasteiger partial charge in [0.25, 0.3) is 0 Å². The Morgan fingerprint density at radius 3 is 3.08 bits per heavy atom. The molecular formula is C7H12N2OS2. The summed E-state index contributed by atoms with van der Waals surface area (Å²) in [4.78, 5) is 13.5. The maximum atomic E-state index is 10.8. The van der Waals surface area contributed by atoms with Crippen LogP contribution < -0.4 is 10.6 Å². The zero-order valence-corrected chi connectivity index (χ0v) is 8.50. The molecule has 0 aliphatic rings. The van der Waals surface area contributed by atoms with Crippen LogP contribution in [0.25, 0.3) is 0 Å². The number of nitrogens with two attached hydrogens (primary N) is 1. The lowest BCUT2D eigenvalue weighted by Crippen LogP contribution is -2.12. The Kier molecular flexibility index (Phi) is 3.84. The second kappa shape index (κ2) is 4.69. The van der Waals surface area contributed by atoms with Crippen LogP contribution in [-0.2, 0) is 0 Å². The van der Waals surface area contributed by atoms with Crippen LogP contribution in [0.2, 0.25) is 0 Å². The molecule has 0 saturated carbocycles. The molecule has 1 unspecified atom stereocenters. The van der Waals surface area contributed by atoms with Crippen LogP contribution in [0.5, 0.6) is 0 Å². The third-order valence-corrected chi connectivity index (χ3v) is 2.90. The van der Waals surface area contributed by atoms with E-state index in [1.54, 1.807) is 17.1 Å². The van der Waals surface area contributed by atoms with E-state index in [1.807, 2.05) is 6.26 Å². The SMILES string of the molecule is CSCCC(N)c1csc(=O)[nH]1. The van der Waals surface area contributed by atoms with E-state index in [2.05, 4.69) is 4.98 Å². The van der Waals surface area contributed by atoms with Crippen molar-refractivity contribution in [1.29, 1.82) is 0 Å². The molecule has 1 aromatic heterocycles. The van der Waals surface area contributed by atoms with Gasteiger partial charge < -0.3 is 10.7 Å². The first-order valence-corrected chi connectivity index (χ1v) is 5.93. The molecule has 5 heteroatoms. The van der Waals surface area contributed by atoms with Crippen molar-refractivity contribution in [3.63, 3.8) is 0 Å². The standard InChI is InChI=1S/C7H12N2OS2/c1-11-3-2-5(8)6-4-12-7(10)9-6/h4-5H,2-3,8H2,1H3,(H,9,10). The van der Waals surface area contributed by atoms with E-state index >= 15 is 0 Å². The van der Waals surface area contributed by atoms with Gasteiger partial charge in [0, 0.05) is 17.1 Å². The van der Waals surface area contributed by atoms with Crippen LogP contribution in [0.1, 0.15) is 18.2 Å². The zero-order valence-electron chi connectivity index (χ0n) is 6.87. The fourth-order valence-electron chi connectivity index (χ4n) is 0.874. The van der Waals surface area contributed by atoms with Gasteiger partial charge >= 0.3 is 4.87 Å². The molecule has 1 heterocycles. The molecule has 1 atom stereocenters. The first kappa shape index (κ1) is 9.83. The highest BCUT2D eigenvalue weighted by atomic mass is 32.2. The number of hydrogen-bond donors (Lipinski definition) is 2. The predicted octanol–water partition coefficient (Wildman–Crippen LogP) is 1.19. The van der Waals surface area contributed by atoms with Crippen LogP contribution in [-0.4, -0.2) is 17.0 Å². The molecule has 0 saturated heterocycles. The summed E-state index contributed by atoms with van der Waals surface area (Å²) < 4.78 is 0. The minimum Gasteiger partial charge on any atom is -0.323 e. The Hall–Kier alpha value is -0.260. The topological polar surface area (TPSA) is 58.9 Å². The van der Waals surface area contributed by atoms with E-state index in [9.17, 15) is 4.79 Å². The molecule has 68 valence electrons. The number of thioether (sulfide) groups is 1. The lowest BCUT2D eigenvalue weighted by Gasteiger charge is -2.06. The van der Waals surface area contributed by atoms with Crippen molar-refractivity contribution >= 4 is 23.1 Å². The molecule has 0 aliphatic carbocycles. The second-order valence-electron chi connectivity index (χ2n) is 2.49. The van der Waals surface area contributed by atoms with E-state index in [4.69, 9.17) is 5.73 Å². The van der Waals surface area contributed by atoms with Crippen LogP contribution in [0, 0.1) is 0 Å². The molecule has 1 rings (SSSR count). The highest BCUT2D eigenvalue weighted by Gasteiger charge is 2.06. The van der Waals surface area contributed by atoms with Gasteiger partial charge in [0.1, 0.15) is 0 Å². The van der Waals surface area contributed by atoms with Crippen molar-refractivity contribution in [2.45, 2.75) is 12.5 Å². The molecule has 0 bridgehead atoms. The van der Waals surface area contributed by atoms with Crippen LogP contribution >= 0.6 is 23.1 Å². The third-order valence-electron chi connectivity index (χ3n) is 1.57. The second-order valence-corrected chi connectivity index (χ2v) is 4.32. The first-order chi connectivity index (χ1) is 5.74. The maximum absolute atomic E-state index is 10.8. The summed E-state index contributed by atoms with van der Waals surface area (Å²) in [7, 11) is 0. The Morgan fingerprint density at radius 2 is 2.58 bits per heavy atom. The minimum atomic E-state index is -0.0235. The molecule has 12 heavy (non-hydrogen) atoms. The van der Waals surface area contributed by atoms with Gasteiger partial charge in [-0.2, -0.15) is 11.8 Å². The highest BCUT2D eigenvalue weighted by molar-refractivity contribution is 7.98. The highest BCUT2D eigenvalue weighted by Crippen LogP contribution is 2.13. The largest absolute Gasteiger partial charge is 0.323 e. The zero-order chi connectivity index (χ0) is 8.97. The van der Waals surface area contributed by atoms with Gasteiger partial charge in [-0.25, -0.2) is 0 Å². The van der Waals surface area contributed by atoms with Gasteiger partial charge in [-0.3, -0.25) is 4.79 Å². The van der Waals surface area contributed by atoms with Crippen molar-refractivity contribution < 1.29 is 0 Å². The number of H-pyrrole nitrogens is 1. The van der Waals surface area contributed by atoms with Crippen LogP contribution in [0.4, 0.5) is 0 Å². The number of hydrogen-bond acceptors (Lipinski definition) is 4. The third kappa shape index (κ3) is 2.66. The van der Waals surface area contributed by atoms with Gasteiger partial charge in [0.15, 0.2) is 0 Å². The summed E-state index contributed by atoms with van der Waals surface area (Å²) in [6.45, 7) is 0. The maximum Gasteiger partial charge on any atom is 0.304 e. The molecular weight excluding hydrogens is 192 g/mol. The minimum absolute atomic E-state index is 0.0172. The lowest BCUT2D eigenvalue weighted by molar-refractivity contribution is 0.685. The molecule has 0 spiro atoms. The fourth-order valence-corrected chi connectivity index (χ4v) is 2.01.